The lowest BCUT2D eigenvalue weighted by molar-refractivity contribution is -0.214. The number of esters is 2. The van der Waals surface area contributed by atoms with Gasteiger partial charge in [0.05, 0.1) is 38.4 Å². The molecule has 0 radical (unpaired) electrons. The fraction of sp³-hybridized carbons (Fsp3) is 0.556. The average molecular weight is 655 g/mol. The summed E-state index contributed by atoms with van der Waals surface area (Å²) in [6.45, 7) is -1.30. The number of carbonyl (C=O) groups is 3. The van der Waals surface area contributed by atoms with E-state index in [1.165, 1.54) is 29.0 Å². The number of alkyl halides is 6. The van der Waals surface area contributed by atoms with E-state index in [-0.39, 0.29) is 73.2 Å². The molecule has 1 saturated carbocycles. The minimum Gasteiger partial charge on any atom is -0.469 e. The van der Waals surface area contributed by atoms with Gasteiger partial charge in [0.2, 0.25) is 5.91 Å². The molecule has 9 nitrogen and oxygen atoms in total. The Balaban J connectivity index is 1.36. The van der Waals surface area contributed by atoms with E-state index in [1.54, 1.807) is 0 Å². The van der Waals surface area contributed by atoms with Crippen LogP contribution in [0.15, 0.2) is 18.2 Å². The second-order valence-electron chi connectivity index (χ2n) is 11.1. The van der Waals surface area contributed by atoms with Gasteiger partial charge in [-0.1, -0.05) is 17.7 Å². The van der Waals surface area contributed by atoms with Crippen LogP contribution in [0, 0.1) is 23.6 Å². The molecule has 17 heteroatoms. The van der Waals surface area contributed by atoms with Gasteiger partial charge in [0.25, 0.3) is 0 Å². The van der Waals surface area contributed by atoms with Crippen molar-refractivity contribution in [2.45, 2.75) is 50.9 Å². The predicted molar refractivity (Wildman–Crippen MR) is 136 cm³/mol. The molecule has 2 aromatic rings. The Kier molecular flexibility index (Phi) is 8.61. The van der Waals surface area contributed by atoms with Crippen molar-refractivity contribution in [1.82, 2.24) is 19.6 Å². The van der Waals surface area contributed by atoms with E-state index in [0.29, 0.717) is 0 Å². The van der Waals surface area contributed by atoms with Crippen molar-refractivity contribution < 1.29 is 54.6 Å². The quantitative estimate of drug-likeness (QED) is 0.341. The van der Waals surface area contributed by atoms with E-state index in [1.807, 2.05) is 0 Å². The lowest BCUT2D eigenvalue weighted by atomic mass is 9.99. The number of nitrogens with zero attached hydrogens (tertiary/aromatic N) is 4. The monoisotopic (exact) mass is 654 g/mol. The molecular weight excluding hydrogens is 629 g/mol. The second-order valence-corrected chi connectivity index (χ2v) is 11.5. The van der Waals surface area contributed by atoms with Gasteiger partial charge in [-0.3, -0.25) is 19.2 Å². The summed E-state index contributed by atoms with van der Waals surface area (Å²) in [7, 11) is 1.18. The topological polar surface area (TPSA) is 94.0 Å². The summed E-state index contributed by atoms with van der Waals surface area (Å²) >= 11 is 5.78. The van der Waals surface area contributed by atoms with Gasteiger partial charge in [0.15, 0.2) is 11.9 Å². The number of aromatic nitrogens is 2. The number of ether oxygens (including phenoxy) is 2. The van der Waals surface area contributed by atoms with Gasteiger partial charge in [-0.15, -0.1) is 0 Å². The molecular formula is C27H26ClF7N4O5. The summed E-state index contributed by atoms with van der Waals surface area (Å²) in [6.07, 6.45) is -11.4. The van der Waals surface area contributed by atoms with Gasteiger partial charge in [-0.2, -0.15) is 31.4 Å². The van der Waals surface area contributed by atoms with E-state index >= 15 is 0 Å². The molecule has 4 unspecified atom stereocenters. The summed E-state index contributed by atoms with van der Waals surface area (Å²) in [5, 5.41) is 3.79. The Bertz CT molecular complexity index is 1460. The SMILES string of the molecule is COC(=O)C1CC2CN(CC(=O)N3CCc4c(C(F)(F)F)nn(Cc5ccc(Cl)cc5F)c4C3)C(OC(=O)C(F)(F)F)C2C1. The first-order chi connectivity index (χ1) is 20.6. The Morgan fingerprint density at radius 3 is 2.48 bits per heavy atom. The van der Waals surface area contributed by atoms with E-state index < -0.39 is 66.3 Å². The molecule has 44 heavy (non-hydrogen) atoms. The van der Waals surface area contributed by atoms with Crippen LogP contribution in [-0.4, -0.2) is 76.6 Å². The molecule has 0 N–H and O–H groups in total. The minimum atomic E-state index is -5.30. The van der Waals surface area contributed by atoms with Crippen molar-refractivity contribution in [3.8, 4) is 0 Å². The first-order valence-electron chi connectivity index (χ1n) is 13.5. The second kappa shape index (κ2) is 11.8. The number of fused-ring (bicyclic) bond motifs is 2. The Morgan fingerprint density at radius 2 is 1.84 bits per heavy atom. The van der Waals surface area contributed by atoms with Crippen molar-refractivity contribution in [2.24, 2.45) is 17.8 Å². The van der Waals surface area contributed by atoms with Gasteiger partial charge in [-0.05, 0) is 37.3 Å². The van der Waals surface area contributed by atoms with Gasteiger partial charge in [0.1, 0.15) is 5.82 Å². The first kappa shape index (κ1) is 32.0. The van der Waals surface area contributed by atoms with Gasteiger partial charge < -0.3 is 14.4 Å². The predicted octanol–water partition coefficient (Wildman–Crippen LogP) is 4.19. The molecule has 3 aliphatic rings. The van der Waals surface area contributed by atoms with Crippen LogP contribution in [0.25, 0.3) is 0 Å². The zero-order valence-electron chi connectivity index (χ0n) is 23.1. The van der Waals surface area contributed by atoms with Crippen LogP contribution in [0.3, 0.4) is 0 Å². The number of likely N-dealkylation sites (tertiary alicyclic amines) is 1. The lowest BCUT2D eigenvalue weighted by Crippen LogP contribution is -2.47. The van der Waals surface area contributed by atoms with Crippen molar-refractivity contribution in [1.29, 1.82) is 0 Å². The molecule has 2 fully saturated rings. The molecule has 4 atom stereocenters. The van der Waals surface area contributed by atoms with Crippen LogP contribution >= 0.6 is 11.6 Å². The number of hydrogen-bond acceptors (Lipinski definition) is 7. The maximum absolute atomic E-state index is 14.5. The number of halogens is 8. The fourth-order valence-electron chi connectivity index (χ4n) is 6.38. The standard InChI is InChI=1S/C27H26ClF7N4O5/c1-43-24(41)14-6-15-9-38(23(18(15)7-14)44-25(42)27(33,34)35)12-21(40)37-5-4-17-20(11-37)39(36-22(17)26(30,31)32)10-13-2-3-16(28)8-19(13)29/h2-3,8,14-15,18,23H,4-7,9-12H2,1H3. The molecule has 1 aromatic carbocycles. The molecule has 1 saturated heterocycles. The van der Waals surface area contributed by atoms with Crippen molar-refractivity contribution in [3.63, 3.8) is 0 Å². The number of benzene rings is 1. The average Bonchev–Trinajstić information content (AvgIpc) is 3.61. The number of hydrogen-bond donors (Lipinski definition) is 0. The lowest BCUT2D eigenvalue weighted by Gasteiger charge is -2.32. The zero-order valence-corrected chi connectivity index (χ0v) is 23.8. The Labute approximate surface area is 250 Å². The van der Waals surface area contributed by atoms with Crippen LogP contribution in [0.4, 0.5) is 30.7 Å². The number of amides is 1. The van der Waals surface area contributed by atoms with Crippen LogP contribution in [-0.2, 0) is 49.5 Å². The van der Waals surface area contributed by atoms with Gasteiger partial charge >= 0.3 is 24.3 Å². The zero-order chi connectivity index (χ0) is 32.1. The largest absolute Gasteiger partial charge is 0.490 e. The van der Waals surface area contributed by atoms with Crippen molar-refractivity contribution in [3.05, 3.63) is 51.6 Å². The smallest absolute Gasteiger partial charge is 0.469 e. The highest BCUT2D eigenvalue weighted by Gasteiger charge is 2.54. The molecule has 3 heterocycles. The van der Waals surface area contributed by atoms with E-state index in [9.17, 15) is 45.1 Å². The minimum absolute atomic E-state index is 0.0139. The maximum Gasteiger partial charge on any atom is 0.490 e. The van der Waals surface area contributed by atoms with Crippen molar-refractivity contribution >= 4 is 29.4 Å². The molecule has 0 bridgehead atoms. The van der Waals surface area contributed by atoms with Crippen LogP contribution < -0.4 is 0 Å². The maximum atomic E-state index is 14.5. The molecule has 240 valence electrons. The summed E-state index contributed by atoms with van der Waals surface area (Å²) in [5.41, 5.74) is -1.25. The fourth-order valence-corrected chi connectivity index (χ4v) is 6.54. The van der Waals surface area contributed by atoms with Crippen LogP contribution in [0.2, 0.25) is 5.02 Å². The first-order valence-corrected chi connectivity index (χ1v) is 13.9. The molecule has 0 spiro atoms. The van der Waals surface area contributed by atoms with Gasteiger partial charge in [-0.25, -0.2) is 9.18 Å². The highest BCUT2D eigenvalue weighted by Crippen LogP contribution is 2.46. The molecule has 1 aromatic heterocycles. The Morgan fingerprint density at radius 1 is 1.11 bits per heavy atom. The summed E-state index contributed by atoms with van der Waals surface area (Å²) in [5.74, 6) is -6.01. The third kappa shape index (κ3) is 6.36. The third-order valence-corrected chi connectivity index (χ3v) is 8.61. The number of methoxy groups -OCH3 is 1. The molecule has 5 rings (SSSR count). The van der Waals surface area contributed by atoms with Crippen LogP contribution in [0.5, 0.6) is 0 Å². The summed E-state index contributed by atoms with van der Waals surface area (Å²) in [6, 6.07) is 3.69. The summed E-state index contributed by atoms with van der Waals surface area (Å²) < 4.78 is 106. The molecule has 1 aliphatic carbocycles. The normalized spacial score (nSPS) is 23.8. The van der Waals surface area contributed by atoms with Crippen LogP contribution in [0.1, 0.15) is 35.4 Å². The summed E-state index contributed by atoms with van der Waals surface area (Å²) in [4.78, 5) is 39.7. The van der Waals surface area contributed by atoms with E-state index in [2.05, 4.69) is 5.10 Å². The highest BCUT2D eigenvalue weighted by atomic mass is 35.5. The number of rotatable bonds is 6. The van der Waals surface area contributed by atoms with E-state index in [0.717, 1.165) is 10.7 Å². The van der Waals surface area contributed by atoms with Crippen molar-refractivity contribution in [2.75, 3.05) is 26.7 Å². The van der Waals surface area contributed by atoms with E-state index in [4.69, 9.17) is 21.1 Å². The Hall–Kier alpha value is -3.40. The highest BCUT2D eigenvalue weighted by molar-refractivity contribution is 6.30. The molecule has 2 aliphatic heterocycles. The number of carbonyl (C=O) groups excluding carboxylic acids is 3. The van der Waals surface area contributed by atoms with Gasteiger partial charge in [0, 0.05) is 35.2 Å². The third-order valence-electron chi connectivity index (χ3n) is 8.37. The molecule has 1 amide bonds.